The van der Waals surface area contributed by atoms with Gasteiger partial charge in [-0.05, 0) is 51.0 Å². The lowest BCUT2D eigenvalue weighted by Crippen LogP contribution is -2.35. The lowest BCUT2D eigenvalue weighted by molar-refractivity contribution is -0.118. The van der Waals surface area contributed by atoms with Crippen molar-refractivity contribution < 1.29 is 14.3 Å². The van der Waals surface area contributed by atoms with Crippen molar-refractivity contribution >= 4 is 17.7 Å². The molecule has 1 aliphatic heterocycles. The first kappa shape index (κ1) is 22.0. The molecule has 0 spiro atoms. The van der Waals surface area contributed by atoms with E-state index < -0.39 is 17.6 Å². The summed E-state index contributed by atoms with van der Waals surface area (Å²) in [5.74, 6) is -0.578. The first-order valence-electron chi connectivity index (χ1n) is 10.1. The minimum Gasteiger partial charge on any atom is -0.444 e. The number of hydrogen-bond acceptors (Lipinski definition) is 5. The molecule has 1 aliphatic rings. The normalized spacial score (nSPS) is 18.5. The second-order valence-electron chi connectivity index (χ2n) is 8.52. The van der Waals surface area contributed by atoms with Crippen molar-refractivity contribution in [1.82, 2.24) is 10.3 Å². The molecule has 2 amide bonds. The van der Waals surface area contributed by atoms with E-state index in [1.807, 2.05) is 32.9 Å². The number of benzene rings is 1. The standard InChI is InChI=1S/C24H26N4O3/c1-15-6-5-7-20(28-23(30)31-24(2,3)4)18-11-17(13-26-14-18)19-9-8-16(12-25)10-21(19)27-22(15)29/h5-6,8-11,13-15,20H,7H2,1-4H3,(H,27,29)(H,28,30). The van der Waals surface area contributed by atoms with E-state index in [0.29, 0.717) is 17.7 Å². The second kappa shape index (κ2) is 9.00. The Morgan fingerprint density at radius 3 is 2.77 bits per heavy atom. The highest BCUT2D eigenvalue weighted by Gasteiger charge is 2.22. The predicted molar refractivity (Wildman–Crippen MR) is 118 cm³/mol. The maximum atomic E-state index is 12.7. The van der Waals surface area contributed by atoms with Gasteiger partial charge in [0.2, 0.25) is 5.91 Å². The molecule has 2 aromatic rings. The molecule has 2 N–H and O–H groups in total. The van der Waals surface area contributed by atoms with Crippen LogP contribution in [0.3, 0.4) is 0 Å². The lowest BCUT2D eigenvalue weighted by Gasteiger charge is -2.24. The van der Waals surface area contributed by atoms with E-state index in [1.54, 1.807) is 43.6 Å². The van der Waals surface area contributed by atoms with Crippen LogP contribution in [0.2, 0.25) is 0 Å². The molecule has 1 aromatic heterocycles. The van der Waals surface area contributed by atoms with Gasteiger partial charge in [-0.1, -0.05) is 25.1 Å². The van der Waals surface area contributed by atoms with Crippen molar-refractivity contribution in [2.75, 3.05) is 5.32 Å². The topological polar surface area (TPSA) is 104 Å². The summed E-state index contributed by atoms with van der Waals surface area (Å²) in [5, 5.41) is 15.1. The number of amides is 2. The van der Waals surface area contributed by atoms with Crippen molar-refractivity contribution in [2.24, 2.45) is 5.92 Å². The molecule has 2 heterocycles. The highest BCUT2D eigenvalue weighted by atomic mass is 16.6. The minimum atomic E-state index is -0.616. The van der Waals surface area contributed by atoms with Crippen molar-refractivity contribution in [3.63, 3.8) is 0 Å². The van der Waals surface area contributed by atoms with Gasteiger partial charge < -0.3 is 15.4 Å². The molecule has 7 nitrogen and oxygen atoms in total. The van der Waals surface area contributed by atoms with Gasteiger partial charge in [-0.15, -0.1) is 0 Å². The number of ether oxygens (including phenoxy) is 1. The smallest absolute Gasteiger partial charge is 0.408 e. The van der Waals surface area contributed by atoms with Crippen LogP contribution in [0, 0.1) is 17.2 Å². The van der Waals surface area contributed by atoms with Gasteiger partial charge in [-0.2, -0.15) is 5.26 Å². The van der Waals surface area contributed by atoms with Crippen molar-refractivity contribution in [1.29, 1.82) is 5.26 Å². The highest BCUT2D eigenvalue weighted by molar-refractivity contribution is 5.97. The Labute approximate surface area is 182 Å². The Bertz CT molecular complexity index is 1060. The van der Waals surface area contributed by atoms with E-state index >= 15 is 0 Å². The fraction of sp³-hybridized carbons (Fsp3) is 0.333. The van der Waals surface area contributed by atoms with Gasteiger partial charge in [0.05, 0.1) is 23.6 Å². The van der Waals surface area contributed by atoms with Crippen LogP contribution < -0.4 is 10.6 Å². The summed E-state index contributed by atoms with van der Waals surface area (Å²) in [6.07, 6.45) is 7.02. The fourth-order valence-electron chi connectivity index (χ4n) is 3.25. The minimum absolute atomic E-state index is 0.186. The number of anilines is 1. The fourth-order valence-corrected chi connectivity index (χ4v) is 3.25. The monoisotopic (exact) mass is 418 g/mol. The zero-order valence-corrected chi connectivity index (χ0v) is 18.1. The summed E-state index contributed by atoms with van der Waals surface area (Å²) in [4.78, 5) is 29.4. The zero-order valence-electron chi connectivity index (χ0n) is 18.1. The van der Waals surface area contributed by atoms with E-state index in [4.69, 9.17) is 4.74 Å². The van der Waals surface area contributed by atoms with Gasteiger partial charge in [-0.3, -0.25) is 9.78 Å². The average Bonchev–Trinajstić information content (AvgIpc) is 2.71. The van der Waals surface area contributed by atoms with E-state index in [1.165, 1.54) is 0 Å². The Morgan fingerprint density at radius 2 is 2.06 bits per heavy atom. The van der Waals surface area contributed by atoms with Crippen molar-refractivity contribution in [2.45, 2.75) is 45.8 Å². The highest BCUT2D eigenvalue weighted by Crippen LogP contribution is 2.32. The Morgan fingerprint density at radius 1 is 1.29 bits per heavy atom. The molecule has 0 aliphatic carbocycles. The third kappa shape index (κ3) is 5.70. The molecule has 0 saturated heterocycles. The first-order chi connectivity index (χ1) is 14.7. The molecule has 2 atom stereocenters. The maximum absolute atomic E-state index is 12.7. The zero-order chi connectivity index (χ0) is 22.6. The van der Waals surface area contributed by atoms with Crippen LogP contribution in [0.25, 0.3) is 11.1 Å². The molecule has 0 saturated carbocycles. The third-order valence-corrected chi connectivity index (χ3v) is 4.78. The van der Waals surface area contributed by atoms with Crippen molar-refractivity contribution in [3.8, 4) is 17.2 Å². The van der Waals surface area contributed by atoms with Crippen LogP contribution in [0.5, 0.6) is 0 Å². The largest absolute Gasteiger partial charge is 0.444 e. The Hall–Kier alpha value is -3.66. The molecular weight excluding hydrogens is 392 g/mol. The van der Waals surface area contributed by atoms with Crippen LogP contribution in [0.1, 0.15) is 51.3 Å². The van der Waals surface area contributed by atoms with Crippen LogP contribution in [-0.2, 0) is 9.53 Å². The SMILES string of the molecule is CC1C=CCC(NC(=O)OC(C)(C)C)c2cncc(c2)-c2ccc(C#N)cc2NC1=O. The van der Waals surface area contributed by atoms with Gasteiger partial charge in [0.25, 0.3) is 0 Å². The van der Waals surface area contributed by atoms with Crippen molar-refractivity contribution in [3.05, 3.63) is 59.9 Å². The number of carbonyl (C=O) groups is 2. The average molecular weight is 418 g/mol. The number of nitrogens with one attached hydrogen (secondary N) is 2. The second-order valence-corrected chi connectivity index (χ2v) is 8.52. The molecule has 3 rings (SSSR count). The number of nitrogens with zero attached hydrogens (tertiary/aromatic N) is 2. The molecule has 1 aromatic carbocycles. The van der Waals surface area contributed by atoms with Crippen LogP contribution in [-0.4, -0.2) is 22.6 Å². The predicted octanol–water partition coefficient (Wildman–Crippen LogP) is 4.72. The summed E-state index contributed by atoms with van der Waals surface area (Å²) in [5.41, 5.74) is 2.70. The molecule has 7 heteroatoms. The Balaban J connectivity index is 2.06. The molecule has 2 bridgehead atoms. The van der Waals surface area contributed by atoms with E-state index in [2.05, 4.69) is 21.7 Å². The first-order valence-corrected chi connectivity index (χ1v) is 10.1. The van der Waals surface area contributed by atoms with Crippen LogP contribution in [0.15, 0.2) is 48.8 Å². The van der Waals surface area contributed by atoms with Gasteiger partial charge in [0.15, 0.2) is 0 Å². The number of rotatable bonds is 1. The molecule has 0 radical (unpaired) electrons. The molecule has 31 heavy (non-hydrogen) atoms. The number of fused-ring (bicyclic) bond motifs is 4. The van der Waals surface area contributed by atoms with E-state index in [0.717, 1.165) is 16.7 Å². The number of pyridine rings is 1. The van der Waals surface area contributed by atoms with Crippen LogP contribution >= 0.6 is 0 Å². The third-order valence-electron chi connectivity index (χ3n) is 4.78. The summed E-state index contributed by atoms with van der Waals surface area (Å²) in [6, 6.07) is 8.78. The van der Waals surface area contributed by atoms with Gasteiger partial charge >= 0.3 is 6.09 Å². The summed E-state index contributed by atoms with van der Waals surface area (Å²) >= 11 is 0. The number of hydrogen-bond donors (Lipinski definition) is 2. The summed E-state index contributed by atoms with van der Waals surface area (Å²) in [7, 11) is 0. The van der Waals surface area contributed by atoms with Gasteiger partial charge in [0, 0.05) is 29.2 Å². The lowest BCUT2D eigenvalue weighted by atomic mass is 9.97. The Kier molecular flexibility index (Phi) is 6.40. The maximum Gasteiger partial charge on any atom is 0.408 e. The van der Waals surface area contributed by atoms with Gasteiger partial charge in [-0.25, -0.2) is 4.79 Å². The number of alkyl carbamates (subject to hydrolysis) is 1. The summed E-state index contributed by atoms with van der Waals surface area (Å²) < 4.78 is 5.42. The van der Waals surface area contributed by atoms with Gasteiger partial charge in [0.1, 0.15) is 5.60 Å². The summed E-state index contributed by atoms with van der Waals surface area (Å²) in [6.45, 7) is 7.22. The number of carbonyl (C=O) groups excluding carboxylic acids is 2. The van der Waals surface area contributed by atoms with E-state index in [-0.39, 0.29) is 11.9 Å². The number of nitriles is 1. The quantitative estimate of drug-likeness (QED) is 0.652. The van der Waals surface area contributed by atoms with Crippen LogP contribution in [0.4, 0.5) is 10.5 Å². The molecule has 0 fully saturated rings. The molecule has 2 unspecified atom stereocenters. The number of aromatic nitrogens is 1. The molecule has 160 valence electrons. The van der Waals surface area contributed by atoms with E-state index in [9.17, 15) is 14.9 Å². The molecular formula is C24H26N4O3.